The van der Waals surface area contributed by atoms with Crippen molar-refractivity contribution in [1.82, 2.24) is 14.9 Å². The largest absolute Gasteiger partial charge is 0.486 e. The molecular formula is C34H29Cl2N5O4. The number of fused-ring (bicyclic) bond motifs is 1. The number of aryl methyl sites for hydroxylation is 1. The Balaban J connectivity index is 1.25. The first-order valence-corrected chi connectivity index (χ1v) is 14.6. The first-order chi connectivity index (χ1) is 21.6. The van der Waals surface area contributed by atoms with Gasteiger partial charge in [-0.15, -0.1) is 0 Å². The molecule has 0 bridgehead atoms. The van der Waals surface area contributed by atoms with Crippen molar-refractivity contribution >= 4 is 63.7 Å². The molecule has 9 nitrogen and oxygen atoms in total. The Morgan fingerprint density at radius 3 is 2.42 bits per heavy atom. The van der Waals surface area contributed by atoms with Crippen LogP contribution < -0.4 is 20.7 Å². The van der Waals surface area contributed by atoms with E-state index in [2.05, 4.69) is 5.32 Å². The van der Waals surface area contributed by atoms with Crippen molar-refractivity contribution in [2.45, 2.75) is 6.61 Å². The average Bonchev–Trinajstić information content (AvgIpc) is 3.39. The van der Waals surface area contributed by atoms with Crippen LogP contribution >= 0.6 is 23.2 Å². The number of primary amides is 1. The topological polar surface area (TPSA) is 120 Å². The zero-order valence-corrected chi connectivity index (χ0v) is 26.0. The summed E-state index contributed by atoms with van der Waals surface area (Å²) in [5.74, 6) is -0.0318. The monoisotopic (exact) mass is 641 g/mol. The number of rotatable bonds is 10. The van der Waals surface area contributed by atoms with Gasteiger partial charge in [-0.05, 0) is 48.0 Å². The molecule has 0 radical (unpaired) electrons. The van der Waals surface area contributed by atoms with Gasteiger partial charge in [0.1, 0.15) is 23.7 Å². The van der Waals surface area contributed by atoms with Crippen LogP contribution in [-0.2, 0) is 23.2 Å². The molecule has 0 saturated carbocycles. The Kier molecular flexibility index (Phi) is 9.51. The third-order valence-electron chi connectivity index (χ3n) is 7.22. The number of hydrogen-bond donors (Lipinski definition) is 2. The number of benzene rings is 4. The number of nitrogens with one attached hydrogen (secondary N) is 1. The number of amides is 3. The lowest BCUT2D eigenvalue weighted by Gasteiger charge is -2.21. The van der Waals surface area contributed by atoms with E-state index >= 15 is 0 Å². The van der Waals surface area contributed by atoms with Crippen molar-refractivity contribution in [3.05, 3.63) is 118 Å². The molecule has 11 heteroatoms. The van der Waals surface area contributed by atoms with Gasteiger partial charge in [-0.2, -0.15) is 0 Å². The molecule has 3 amide bonds. The van der Waals surface area contributed by atoms with Crippen LogP contribution in [0.2, 0.25) is 10.0 Å². The number of ether oxygens (including phenoxy) is 1. The van der Waals surface area contributed by atoms with Gasteiger partial charge in [0.2, 0.25) is 17.7 Å². The Morgan fingerprint density at radius 1 is 0.978 bits per heavy atom. The Labute approximate surface area is 269 Å². The maximum absolute atomic E-state index is 13.0. The fourth-order valence-corrected chi connectivity index (χ4v) is 5.29. The Hall–Kier alpha value is -5.12. The van der Waals surface area contributed by atoms with Gasteiger partial charge in [0.15, 0.2) is 0 Å². The third kappa shape index (κ3) is 7.01. The van der Waals surface area contributed by atoms with Gasteiger partial charge in [-0.25, -0.2) is 4.98 Å². The summed E-state index contributed by atoms with van der Waals surface area (Å²) < 4.78 is 8.20. The molecule has 0 aliphatic heterocycles. The molecule has 0 spiro atoms. The van der Waals surface area contributed by atoms with Gasteiger partial charge in [0, 0.05) is 41.9 Å². The van der Waals surface area contributed by atoms with E-state index in [1.165, 1.54) is 11.0 Å². The van der Waals surface area contributed by atoms with Crippen molar-refractivity contribution in [3.63, 3.8) is 0 Å². The van der Waals surface area contributed by atoms with Crippen molar-refractivity contribution in [3.8, 4) is 17.1 Å². The second-order valence-electron chi connectivity index (χ2n) is 10.1. The number of hydrogen-bond acceptors (Lipinski definition) is 5. The summed E-state index contributed by atoms with van der Waals surface area (Å²) in [6.07, 6.45) is 2.85. The van der Waals surface area contributed by atoms with E-state index in [-0.39, 0.29) is 18.2 Å². The lowest BCUT2D eigenvalue weighted by atomic mass is 10.1. The molecule has 0 fully saturated rings. The van der Waals surface area contributed by atoms with E-state index in [0.717, 1.165) is 16.9 Å². The highest BCUT2D eigenvalue weighted by molar-refractivity contribution is 6.38. The van der Waals surface area contributed by atoms with Crippen LogP contribution in [0.5, 0.6) is 5.75 Å². The number of anilines is 1. The van der Waals surface area contributed by atoms with Gasteiger partial charge in [0.05, 0.1) is 22.8 Å². The SMILES string of the molecule is CN(C(=O)CNC(=O)/C=C/c1ccc(C(N)=O)cc1)c1ccc(Cl)c(COc2cccc3c2nc(-c2ccccc2)n3C)c1Cl. The lowest BCUT2D eigenvalue weighted by Crippen LogP contribution is -2.37. The molecule has 228 valence electrons. The minimum Gasteiger partial charge on any atom is -0.486 e. The molecular weight excluding hydrogens is 613 g/mol. The van der Waals surface area contributed by atoms with Gasteiger partial charge in [-0.3, -0.25) is 14.4 Å². The van der Waals surface area contributed by atoms with Crippen LogP contribution in [0.15, 0.2) is 91.0 Å². The molecule has 1 heterocycles. The van der Waals surface area contributed by atoms with Crippen molar-refractivity contribution in [1.29, 1.82) is 0 Å². The molecule has 0 unspecified atom stereocenters. The smallest absolute Gasteiger partial charge is 0.248 e. The minimum absolute atomic E-state index is 0.0336. The van der Waals surface area contributed by atoms with Gasteiger partial charge >= 0.3 is 0 Å². The number of halogens is 2. The van der Waals surface area contributed by atoms with E-state index < -0.39 is 17.7 Å². The number of nitrogens with zero attached hydrogens (tertiary/aromatic N) is 3. The summed E-state index contributed by atoms with van der Waals surface area (Å²) in [5, 5.41) is 3.20. The van der Waals surface area contributed by atoms with E-state index in [1.54, 1.807) is 49.5 Å². The molecule has 1 aromatic heterocycles. The summed E-state index contributed by atoms with van der Waals surface area (Å²) in [7, 11) is 3.51. The molecule has 5 aromatic rings. The van der Waals surface area contributed by atoms with Crippen LogP contribution in [-0.4, -0.2) is 40.9 Å². The predicted octanol–water partition coefficient (Wildman–Crippen LogP) is 6.02. The van der Waals surface area contributed by atoms with Gasteiger partial charge in [0.25, 0.3) is 0 Å². The Bertz CT molecular complexity index is 1920. The van der Waals surface area contributed by atoms with Gasteiger partial charge in [-0.1, -0.05) is 71.7 Å². The molecule has 5 rings (SSSR count). The first kappa shape index (κ1) is 31.3. The highest BCUT2D eigenvalue weighted by Crippen LogP contribution is 2.36. The average molecular weight is 643 g/mol. The first-order valence-electron chi connectivity index (χ1n) is 13.9. The quantitative estimate of drug-likeness (QED) is 0.181. The maximum atomic E-state index is 13.0. The lowest BCUT2D eigenvalue weighted by molar-refractivity contribution is -0.122. The fraction of sp³-hybridized carbons (Fsp3) is 0.118. The number of likely N-dealkylation sites (N-methyl/N-ethyl adjacent to an activating group) is 1. The van der Waals surface area contributed by atoms with E-state index in [0.29, 0.717) is 38.7 Å². The Morgan fingerprint density at radius 2 is 1.71 bits per heavy atom. The number of imidazole rings is 1. The van der Waals surface area contributed by atoms with Crippen molar-refractivity contribution in [2.75, 3.05) is 18.5 Å². The van der Waals surface area contributed by atoms with Crippen LogP contribution in [0.25, 0.3) is 28.5 Å². The van der Waals surface area contributed by atoms with E-state index in [9.17, 15) is 14.4 Å². The minimum atomic E-state index is -0.536. The zero-order valence-electron chi connectivity index (χ0n) is 24.5. The molecule has 4 aromatic carbocycles. The highest BCUT2D eigenvalue weighted by atomic mass is 35.5. The number of nitrogens with two attached hydrogens (primary N) is 1. The van der Waals surface area contributed by atoms with Crippen LogP contribution in [0.3, 0.4) is 0 Å². The third-order valence-corrected chi connectivity index (χ3v) is 7.99. The van der Waals surface area contributed by atoms with Crippen molar-refractivity contribution in [2.24, 2.45) is 12.8 Å². The fourth-order valence-electron chi connectivity index (χ4n) is 4.68. The summed E-state index contributed by atoms with van der Waals surface area (Å²) in [6, 6.07) is 25.3. The maximum Gasteiger partial charge on any atom is 0.248 e. The van der Waals surface area contributed by atoms with Crippen LogP contribution in [0.4, 0.5) is 5.69 Å². The van der Waals surface area contributed by atoms with Crippen LogP contribution in [0.1, 0.15) is 21.5 Å². The summed E-state index contributed by atoms with van der Waals surface area (Å²) in [4.78, 5) is 42.7. The van der Waals surface area contributed by atoms with E-state index in [1.807, 2.05) is 60.1 Å². The number of carbonyl (C=O) groups is 3. The zero-order chi connectivity index (χ0) is 32.1. The second-order valence-corrected chi connectivity index (χ2v) is 10.9. The molecule has 45 heavy (non-hydrogen) atoms. The van der Waals surface area contributed by atoms with Crippen LogP contribution in [0, 0.1) is 0 Å². The number of para-hydroxylation sites is 1. The molecule has 3 N–H and O–H groups in total. The number of aromatic nitrogens is 2. The number of carbonyl (C=O) groups excluding carboxylic acids is 3. The standard InChI is InChI=1S/C34H29Cl2N5O4/c1-40(30(43)19-38-29(42)18-13-21-11-14-22(15-12-21)33(37)44)26-17-16-25(35)24(31(26)36)20-45-28-10-6-9-27-32(28)39-34(41(27)2)23-7-4-3-5-8-23/h3-18H,19-20H2,1-2H3,(H2,37,44)(H,38,42)/b18-13+. The summed E-state index contributed by atoms with van der Waals surface area (Å²) in [6.45, 7) is -0.234. The molecule has 0 saturated heterocycles. The van der Waals surface area contributed by atoms with Crippen molar-refractivity contribution < 1.29 is 19.1 Å². The summed E-state index contributed by atoms with van der Waals surface area (Å²) in [5.41, 5.74) is 9.79. The molecule has 0 atom stereocenters. The predicted molar refractivity (Wildman–Crippen MR) is 177 cm³/mol. The highest BCUT2D eigenvalue weighted by Gasteiger charge is 2.20. The van der Waals surface area contributed by atoms with E-state index in [4.69, 9.17) is 38.7 Å². The molecule has 0 aliphatic carbocycles. The normalized spacial score (nSPS) is 11.1. The molecule has 0 aliphatic rings. The van der Waals surface area contributed by atoms with Gasteiger partial charge < -0.3 is 25.3 Å². The second kappa shape index (κ2) is 13.7. The summed E-state index contributed by atoms with van der Waals surface area (Å²) >= 11 is 13.3.